The van der Waals surface area contributed by atoms with Gasteiger partial charge in [0.25, 0.3) is 15.9 Å². The van der Waals surface area contributed by atoms with E-state index in [-0.39, 0.29) is 16.8 Å². The van der Waals surface area contributed by atoms with Gasteiger partial charge in [0, 0.05) is 23.6 Å². The molecule has 3 rings (SSSR count). The SMILES string of the molecule is Cc1ccc(C)c(S(=O)(=O)Nc2cccc(C(=O)NC(C)c3ccncc3)c2)c1. The summed E-state index contributed by atoms with van der Waals surface area (Å²) in [6.45, 7) is 5.46. The molecule has 0 saturated heterocycles. The van der Waals surface area contributed by atoms with Crippen molar-refractivity contribution in [3.8, 4) is 0 Å². The fraction of sp³-hybridized carbons (Fsp3) is 0.182. The number of sulfonamides is 1. The Bertz CT molecular complexity index is 1130. The third-order valence-corrected chi connectivity index (χ3v) is 6.09. The maximum atomic E-state index is 12.8. The molecule has 0 saturated carbocycles. The highest BCUT2D eigenvalue weighted by Crippen LogP contribution is 2.21. The molecule has 0 fully saturated rings. The number of hydrogen-bond acceptors (Lipinski definition) is 4. The van der Waals surface area contributed by atoms with E-state index >= 15 is 0 Å². The van der Waals surface area contributed by atoms with Crippen molar-refractivity contribution < 1.29 is 13.2 Å². The van der Waals surface area contributed by atoms with Gasteiger partial charge in [0.05, 0.1) is 10.9 Å². The van der Waals surface area contributed by atoms with Gasteiger partial charge in [-0.25, -0.2) is 8.42 Å². The first-order chi connectivity index (χ1) is 13.8. The summed E-state index contributed by atoms with van der Waals surface area (Å²) in [6, 6.07) is 15.2. The van der Waals surface area contributed by atoms with Crippen molar-refractivity contribution in [2.75, 3.05) is 4.72 Å². The zero-order valence-corrected chi connectivity index (χ0v) is 17.3. The average molecular weight is 410 g/mol. The van der Waals surface area contributed by atoms with Crippen LogP contribution in [0.1, 0.15) is 40.0 Å². The van der Waals surface area contributed by atoms with Gasteiger partial charge in [0.2, 0.25) is 0 Å². The Morgan fingerprint density at radius 1 is 1.00 bits per heavy atom. The van der Waals surface area contributed by atoms with Crippen molar-refractivity contribution in [3.05, 3.63) is 89.2 Å². The van der Waals surface area contributed by atoms with Gasteiger partial charge in [-0.15, -0.1) is 0 Å². The van der Waals surface area contributed by atoms with Crippen LogP contribution in [0.25, 0.3) is 0 Å². The first-order valence-corrected chi connectivity index (χ1v) is 10.7. The minimum Gasteiger partial charge on any atom is -0.346 e. The molecule has 1 atom stereocenters. The quantitative estimate of drug-likeness (QED) is 0.644. The van der Waals surface area contributed by atoms with E-state index in [2.05, 4.69) is 15.0 Å². The minimum atomic E-state index is -3.76. The summed E-state index contributed by atoms with van der Waals surface area (Å²) in [5, 5.41) is 2.91. The number of pyridine rings is 1. The molecule has 2 aromatic carbocycles. The minimum absolute atomic E-state index is 0.208. The highest BCUT2D eigenvalue weighted by Gasteiger charge is 2.18. The lowest BCUT2D eigenvalue weighted by molar-refractivity contribution is 0.0940. The van der Waals surface area contributed by atoms with Crippen LogP contribution in [-0.2, 0) is 10.0 Å². The Morgan fingerprint density at radius 3 is 2.45 bits per heavy atom. The molecule has 0 radical (unpaired) electrons. The molecular formula is C22H23N3O3S. The molecule has 7 heteroatoms. The monoisotopic (exact) mass is 409 g/mol. The van der Waals surface area contributed by atoms with E-state index in [0.717, 1.165) is 11.1 Å². The lowest BCUT2D eigenvalue weighted by Gasteiger charge is -2.15. The molecule has 2 N–H and O–H groups in total. The number of benzene rings is 2. The summed E-state index contributed by atoms with van der Waals surface area (Å²) in [7, 11) is -3.76. The van der Waals surface area contributed by atoms with Gasteiger partial charge in [-0.05, 0) is 73.9 Å². The van der Waals surface area contributed by atoms with Crippen molar-refractivity contribution in [2.45, 2.75) is 31.7 Å². The fourth-order valence-electron chi connectivity index (χ4n) is 2.95. The molecule has 3 aromatic rings. The molecule has 29 heavy (non-hydrogen) atoms. The predicted octanol–water partition coefficient (Wildman–Crippen LogP) is 3.99. The van der Waals surface area contributed by atoms with E-state index in [0.29, 0.717) is 16.8 Å². The van der Waals surface area contributed by atoms with Crippen molar-refractivity contribution in [2.24, 2.45) is 0 Å². The van der Waals surface area contributed by atoms with Gasteiger partial charge >= 0.3 is 0 Å². The summed E-state index contributed by atoms with van der Waals surface area (Å²) in [5.74, 6) is -0.290. The van der Waals surface area contributed by atoms with Gasteiger partial charge in [-0.3, -0.25) is 14.5 Å². The zero-order valence-electron chi connectivity index (χ0n) is 16.5. The van der Waals surface area contributed by atoms with E-state index in [1.807, 2.05) is 32.0 Å². The van der Waals surface area contributed by atoms with Gasteiger partial charge < -0.3 is 5.32 Å². The molecule has 0 bridgehead atoms. The molecule has 6 nitrogen and oxygen atoms in total. The van der Waals surface area contributed by atoms with Crippen LogP contribution in [0.3, 0.4) is 0 Å². The van der Waals surface area contributed by atoms with Crippen molar-refractivity contribution in [3.63, 3.8) is 0 Å². The zero-order chi connectivity index (χ0) is 21.0. The third-order valence-electron chi connectivity index (χ3n) is 4.56. The molecular weight excluding hydrogens is 386 g/mol. The number of amides is 1. The van der Waals surface area contributed by atoms with Crippen LogP contribution in [0, 0.1) is 13.8 Å². The van der Waals surface area contributed by atoms with Crippen molar-refractivity contribution >= 4 is 21.6 Å². The smallest absolute Gasteiger partial charge is 0.262 e. The number of carbonyl (C=O) groups excluding carboxylic acids is 1. The lowest BCUT2D eigenvalue weighted by Crippen LogP contribution is -2.26. The van der Waals surface area contributed by atoms with Gasteiger partial charge in [0.1, 0.15) is 0 Å². The molecule has 1 amide bonds. The number of anilines is 1. The molecule has 1 heterocycles. The summed E-state index contributed by atoms with van der Waals surface area (Å²) in [4.78, 5) is 16.8. The number of nitrogens with zero attached hydrogens (tertiary/aromatic N) is 1. The molecule has 1 unspecified atom stereocenters. The third kappa shape index (κ3) is 5.00. The van der Waals surface area contributed by atoms with E-state index in [4.69, 9.17) is 0 Å². The highest BCUT2D eigenvalue weighted by atomic mass is 32.2. The van der Waals surface area contributed by atoms with Crippen LogP contribution in [0.5, 0.6) is 0 Å². The topological polar surface area (TPSA) is 88.2 Å². The summed E-state index contributed by atoms with van der Waals surface area (Å²) in [6.07, 6.45) is 3.33. The number of aryl methyl sites for hydroxylation is 2. The Balaban J connectivity index is 1.79. The summed E-state index contributed by atoms with van der Waals surface area (Å²) in [5.41, 5.74) is 3.14. The maximum Gasteiger partial charge on any atom is 0.262 e. The second kappa shape index (κ2) is 8.45. The standard InChI is InChI=1S/C22H23N3O3S/c1-15-7-8-16(2)21(13-15)29(27,28)25-20-6-4-5-19(14-20)22(26)24-17(3)18-9-11-23-12-10-18/h4-14,17,25H,1-3H3,(H,24,26). The fourth-order valence-corrected chi connectivity index (χ4v) is 4.33. The largest absolute Gasteiger partial charge is 0.346 e. The second-order valence-corrected chi connectivity index (χ2v) is 8.58. The van der Waals surface area contributed by atoms with Crippen LogP contribution in [0.4, 0.5) is 5.69 Å². The first kappa shape index (κ1) is 20.5. The van der Waals surface area contributed by atoms with Crippen LogP contribution < -0.4 is 10.0 Å². The van der Waals surface area contributed by atoms with Gasteiger partial charge in [-0.2, -0.15) is 0 Å². The number of hydrogen-bond donors (Lipinski definition) is 2. The van der Waals surface area contributed by atoms with Gasteiger partial charge in [-0.1, -0.05) is 18.2 Å². The normalized spacial score (nSPS) is 12.2. The lowest BCUT2D eigenvalue weighted by atomic mass is 10.1. The van der Waals surface area contributed by atoms with E-state index in [9.17, 15) is 13.2 Å². The van der Waals surface area contributed by atoms with E-state index in [1.165, 1.54) is 6.07 Å². The first-order valence-electron chi connectivity index (χ1n) is 9.17. The molecule has 0 aliphatic heterocycles. The average Bonchev–Trinajstić information content (AvgIpc) is 2.70. The summed E-state index contributed by atoms with van der Waals surface area (Å²) >= 11 is 0. The second-order valence-electron chi connectivity index (χ2n) is 6.93. The van der Waals surface area contributed by atoms with E-state index in [1.54, 1.807) is 49.6 Å². The van der Waals surface area contributed by atoms with Crippen LogP contribution in [-0.4, -0.2) is 19.3 Å². The number of carbonyl (C=O) groups is 1. The van der Waals surface area contributed by atoms with E-state index < -0.39 is 10.0 Å². The van der Waals surface area contributed by atoms with Crippen molar-refractivity contribution in [1.29, 1.82) is 0 Å². The Hall–Kier alpha value is -3.19. The molecule has 0 aliphatic rings. The highest BCUT2D eigenvalue weighted by molar-refractivity contribution is 7.92. The Kier molecular flexibility index (Phi) is 5.98. The summed E-state index contributed by atoms with van der Waals surface area (Å²) < 4.78 is 28.2. The van der Waals surface area contributed by atoms with Crippen LogP contribution in [0.2, 0.25) is 0 Å². The molecule has 0 aliphatic carbocycles. The van der Waals surface area contributed by atoms with Crippen LogP contribution in [0.15, 0.2) is 71.9 Å². The number of rotatable bonds is 6. The Labute approximate surface area is 171 Å². The number of nitrogens with one attached hydrogen (secondary N) is 2. The maximum absolute atomic E-state index is 12.8. The molecule has 1 aromatic heterocycles. The number of aromatic nitrogens is 1. The molecule has 150 valence electrons. The van der Waals surface area contributed by atoms with Gasteiger partial charge in [0.15, 0.2) is 0 Å². The van der Waals surface area contributed by atoms with Crippen molar-refractivity contribution in [1.82, 2.24) is 10.3 Å². The predicted molar refractivity (Wildman–Crippen MR) is 113 cm³/mol. The Morgan fingerprint density at radius 2 is 1.72 bits per heavy atom. The molecule has 0 spiro atoms. The van der Waals surface area contributed by atoms with Crippen LogP contribution >= 0.6 is 0 Å².